The highest BCUT2D eigenvalue weighted by atomic mass is 16.5. The Balaban J connectivity index is 0.000000167. The molecule has 0 spiro atoms. The molecule has 154 valence electrons. The minimum Gasteiger partial charge on any atom is -0.379 e. The van der Waals surface area contributed by atoms with Gasteiger partial charge >= 0.3 is 0 Å². The molecule has 3 saturated heterocycles. The molecule has 3 aliphatic heterocycles. The van der Waals surface area contributed by atoms with Crippen molar-refractivity contribution < 1.29 is 4.74 Å². The van der Waals surface area contributed by atoms with Crippen LogP contribution in [0.15, 0.2) is 30.3 Å². The number of likely N-dealkylation sites (N-methyl/N-ethyl adjacent to an activating group) is 1. The van der Waals surface area contributed by atoms with Crippen LogP contribution in [0.3, 0.4) is 0 Å². The van der Waals surface area contributed by atoms with Crippen molar-refractivity contribution in [2.24, 2.45) is 5.92 Å². The largest absolute Gasteiger partial charge is 0.379 e. The minimum atomic E-state index is 0.911. The van der Waals surface area contributed by atoms with E-state index in [1.807, 2.05) is 0 Å². The molecule has 1 aromatic carbocycles. The van der Waals surface area contributed by atoms with E-state index in [9.17, 15) is 0 Å². The molecule has 0 radical (unpaired) electrons. The average Bonchev–Trinajstić information content (AvgIpc) is 2.73. The number of nitrogens with zero attached hydrogens (tertiary/aromatic N) is 2. The Morgan fingerprint density at radius 1 is 0.852 bits per heavy atom. The van der Waals surface area contributed by atoms with Crippen LogP contribution < -0.4 is 5.32 Å². The van der Waals surface area contributed by atoms with Crippen LogP contribution in [0.1, 0.15) is 37.7 Å². The lowest BCUT2D eigenvalue weighted by atomic mass is 9.90. The third kappa shape index (κ3) is 10.8. The Bertz CT molecular complexity index is 438. The van der Waals surface area contributed by atoms with Gasteiger partial charge in [0.25, 0.3) is 0 Å². The molecule has 4 rings (SSSR count). The van der Waals surface area contributed by atoms with Crippen LogP contribution in [-0.2, 0) is 11.2 Å². The average molecular weight is 376 g/mol. The Hall–Kier alpha value is -0.940. The lowest BCUT2D eigenvalue weighted by Crippen LogP contribution is -2.32. The minimum absolute atomic E-state index is 0.911. The number of piperidine rings is 2. The third-order valence-electron chi connectivity index (χ3n) is 5.65. The molecule has 4 heteroatoms. The maximum absolute atomic E-state index is 5.10. The summed E-state index contributed by atoms with van der Waals surface area (Å²) in [6.07, 6.45) is 8.22. The Kier molecular flexibility index (Phi) is 11.7. The van der Waals surface area contributed by atoms with Gasteiger partial charge in [-0.05, 0) is 83.9 Å². The van der Waals surface area contributed by atoms with Gasteiger partial charge in [-0.1, -0.05) is 36.8 Å². The molecule has 0 unspecified atom stereocenters. The van der Waals surface area contributed by atoms with Gasteiger partial charge in [-0.3, -0.25) is 0 Å². The first-order chi connectivity index (χ1) is 13.2. The van der Waals surface area contributed by atoms with Gasteiger partial charge in [-0.25, -0.2) is 0 Å². The standard InChI is InChI=1S/C13H19N.C5H11NO.C5H11N/c1-14-9-7-13(8-10-14)11-12-5-3-2-4-6-12;1-6-2-4-7-5-3-6;1-2-4-6-5-3-1/h2-6,13H,7-11H2,1H3;2-5H2,1H3;6H,1-5H2. The van der Waals surface area contributed by atoms with Gasteiger partial charge in [-0.2, -0.15) is 0 Å². The lowest BCUT2D eigenvalue weighted by Gasteiger charge is -2.28. The molecule has 0 saturated carbocycles. The van der Waals surface area contributed by atoms with Crippen molar-refractivity contribution in [2.75, 3.05) is 66.6 Å². The number of benzene rings is 1. The van der Waals surface area contributed by atoms with E-state index >= 15 is 0 Å². The van der Waals surface area contributed by atoms with E-state index in [0.29, 0.717) is 0 Å². The molecule has 0 amide bonds. The van der Waals surface area contributed by atoms with E-state index in [0.717, 1.165) is 32.2 Å². The summed E-state index contributed by atoms with van der Waals surface area (Å²) in [5, 5.41) is 3.28. The molecular formula is C23H41N3O. The fourth-order valence-corrected chi connectivity index (χ4v) is 3.67. The number of hydrogen-bond acceptors (Lipinski definition) is 4. The summed E-state index contributed by atoms with van der Waals surface area (Å²) in [5.41, 5.74) is 1.50. The Morgan fingerprint density at radius 3 is 1.89 bits per heavy atom. The maximum atomic E-state index is 5.10. The molecule has 3 heterocycles. The smallest absolute Gasteiger partial charge is 0.0594 e. The first-order valence-corrected chi connectivity index (χ1v) is 10.9. The van der Waals surface area contributed by atoms with E-state index in [-0.39, 0.29) is 0 Å². The zero-order chi connectivity index (χ0) is 19.2. The summed E-state index contributed by atoms with van der Waals surface area (Å²) >= 11 is 0. The zero-order valence-corrected chi connectivity index (χ0v) is 17.7. The lowest BCUT2D eigenvalue weighted by molar-refractivity contribution is 0.0503. The van der Waals surface area contributed by atoms with Crippen molar-refractivity contribution in [3.63, 3.8) is 0 Å². The second-order valence-electron chi connectivity index (χ2n) is 8.16. The van der Waals surface area contributed by atoms with Crippen LogP contribution in [0, 0.1) is 5.92 Å². The van der Waals surface area contributed by atoms with Crippen molar-refractivity contribution in [1.82, 2.24) is 15.1 Å². The number of morpholine rings is 1. The predicted molar refractivity (Wildman–Crippen MR) is 115 cm³/mol. The third-order valence-corrected chi connectivity index (χ3v) is 5.65. The van der Waals surface area contributed by atoms with Crippen LogP contribution >= 0.6 is 0 Å². The SMILES string of the molecule is C1CCNCC1.CN1CCC(Cc2ccccc2)CC1.CN1CCOCC1. The number of nitrogens with one attached hydrogen (secondary N) is 1. The van der Waals surface area contributed by atoms with Crippen molar-refractivity contribution in [3.05, 3.63) is 35.9 Å². The van der Waals surface area contributed by atoms with E-state index in [2.05, 4.69) is 59.5 Å². The number of ether oxygens (including phenoxy) is 1. The predicted octanol–water partition coefficient (Wildman–Crippen LogP) is 3.28. The molecule has 3 aliphatic rings. The van der Waals surface area contributed by atoms with Crippen LogP contribution in [0.2, 0.25) is 0 Å². The van der Waals surface area contributed by atoms with Gasteiger partial charge < -0.3 is 19.9 Å². The normalized spacial score (nSPS) is 22.1. The summed E-state index contributed by atoms with van der Waals surface area (Å²) in [7, 11) is 4.33. The molecule has 4 nitrogen and oxygen atoms in total. The second kappa shape index (κ2) is 14.1. The van der Waals surface area contributed by atoms with E-state index in [1.165, 1.54) is 70.3 Å². The molecule has 1 N–H and O–H groups in total. The summed E-state index contributed by atoms with van der Waals surface area (Å²) in [4.78, 5) is 4.70. The molecule has 1 aromatic rings. The topological polar surface area (TPSA) is 27.7 Å². The van der Waals surface area contributed by atoms with Crippen LogP contribution in [-0.4, -0.2) is 76.4 Å². The van der Waals surface area contributed by atoms with E-state index in [1.54, 1.807) is 0 Å². The van der Waals surface area contributed by atoms with Crippen molar-refractivity contribution >= 4 is 0 Å². The van der Waals surface area contributed by atoms with Gasteiger partial charge in [0.15, 0.2) is 0 Å². The van der Waals surface area contributed by atoms with Crippen LogP contribution in [0.25, 0.3) is 0 Å². The van der Waals surface area contributed by atoms with Gasteiger partial charge in [-0.15, -0.1) is 0 Å². The van der Waals surface area contributed by atoms with E-state index in [4.69, 9.17) is 4.74 Å². The van der Waals surface area contributed by atoms with E-state index < -0.39 is 0 Å². The van der Waals surface area contributed by atoms with Crippen LogP contribution in [0.4, 0.5) is 0 Å². The molecule has 0 aromatic heterocycles. The molecule has 3 fully saturated rings. The monoisotopic (exact) mass is 375 g/mol. The second-order valence-corrected chi connectivity index (χ2v) is 8.16. The quantitative estimate of drug-likeness (QED) is 0.858. The number of likely N-dealkylation sites (tertiary alicyclic amines) is 1. The Morgan fingerprint density at radius 2 is 1.44 bits per heavy atom. The fraction of sp³-hybridized carbons (Fsp3) is 0.739. The van der Waals surface area contributed by atoms with Gasteiger partial charge in [0.05, 0.1) is 13.2 Å². The molecule has 0 bridgehead atoms. The Labute approximate surface area is 167 Å². The zero-order valence-electron chi connectivity index (χ0n) is 17.7. The maximum Gasteiger partial charge on any atom is 0.0594 e. The first kappa shape index (κ1) is 22.4. The summed E-state index contributed by atoms with van der Waals surface area (Å²) < 4.78 is 5.10. The number of hydrogen-bond donors (Lipinski definition) is 1. The highest BCUT2D eigenvalue weighted by Gasteiger charge is 2.16. The molecule has 27 heavy (non-hydrogen) atoms. The molecule has 0 atom stereocenters. The van der Waals surface area contributed by atoms with Crippen molar-refractivity contribution in [2.45, 2.75) is 38.5 Å². The van der Waals surface area contributed by atoms with Gasteiger partial charge in [0.2, 0.25) is 0 Å². The number of rotatable bonds is 2. The highest BCUT2D eigenvalue weighted by molar-refractivity contribution is 5.15. The first-order valence-electron chi connectivity index (χ1n) is 10.9. The molecule has 0 aliphatic carbocycles. The molecular weight excluding hydrogens is 334 g/mol. The van der Waals surface area contributed by atoms with Crippen molar-refractivity contribution in [1.29, 1.82) is 0 Å². The van der Waals surface area contributed by atoms with Gasteiger partial charge in [0.1, 0.15) is 0 Å². The summed E-state index contributed by atoms with van der Waals surface area (Å²) in [5.74, 6) is 0.911. The van der Waals surface area contributed by atoms with Crippen molar-refractivity contribution in [3.8, 4) is 0 Å². The van der Waals surface area contributed by atoms with Crippen LogP contribution in [0.5, 0.6) is 0 Å². The summed E-state index contributed by atoms with van der Waals surface area (Å²) in [6, 6.07) is 10.9. The fourth-order valence-electron chi connectivity index (χ4n) is 3.67. The highest BCUT2D eigenvalue weighted by Crippen LogP contribution is 2.20. The summed E-state index contributed by atoms with van der Waals surface area (Å²) in [6.45, 7) is 9.07. The van der Waals surface area contributed by atoms with Gasteiger partial charge in [0, 0.05) is 13.1 Å².